The van der Waals surface area contributed by atoms with Crippen molar-refractivity contribution in [3.8, 4) is 0 Å². The highest BCUT2D eigenvalue weighted by molar-refractivity contribution is 7.99. The van der Waals surface area contributed by atoms with Gasteiger partial charge in [-0.15, -0.1) is 0 Å². The van der Waals surface area contributed by atoms with Crippen LogP contribution in [0.15, 0.2) is 24.3 Å². The van der Waals surface area contributed by atoms with E-state index in [1.807, 2.05) is 18.2 Å². The third kappa shape index (κ3) is 6.40. The first-order valence-electron chi connectivity index (χ1n) is 6.58. The number of nitrogens with zero attached hydrogens (tertiary/aromatic N) is 1. The second-order valence-corrected chi connectivity index (χ2v) is 6.29. The first kappa shape index (κ1) is 17.9. The normalized spacial score (nSPS) is 11.8. The Morgan fingerprint density at radius 3 is 2.76 bits per heavy atom. The summed E-state index contributed by atoms with van der Waals surface area (Å²) < 4.78 is 4.65. The molecule has 4 nitrogen and oxygen atoms in total. The number of esters is 1. The van der Waals surface area contributed by atoms with Crippen LogP contribution in [0.5, 0.6) is 0 Å². The SMILES string of the molecule is COC(=O)C(C)CSCC(=O)N(C)Cc1cccc(Cl)c1. The molecule has 0 radical (unpaired) electrons. The van der Waals surface area contributed by atoms with Crippen LogP contribution in [0.1, 0.15) is 12.5 Å². The van der Waals surface area contributed by atoms with E-state index in [1.54, 1.807) is 24.9 Å². The molecule has 21 heavy (non-hydrogen) atoms. The molecule has 0 aliphatic rings. The van der Waals surface area contributed by atoms with Crippen LogP contribution < -0.4 is 0 Å². The quantitative estimate of drug-likeness (QED) is 0.722. The monoisotopic (exact) mass is 329 g/mol. The maximum absolute atomic E-state index is 12.0. The number of ether oxygens (including phenoxy) is 1. The Morgan fingerprint density at radius 1 is 1.43 bits per heavy atom. The van der Waals surface area contributed by atoms with E-state index in [4.69, 9.17) is 11.6 Å². The molecule has 0 aliphatic carbocycles. The molecule has 0 heterocycles. The lowest BCUT2D eigenvalue weighted by molar-refractivity contribution is -0.144. The van der Waals surface area contributed by atoms with Gasteiger partial charge in [-0.3, -0.25) is 9.59 Å². The molecule has 1 atom stereocenters. The number of thioether (sulfide) groups is 1. The Labute approximate surface area is 134 Å². The van der Waals surface area contributed by atoms with Gasteiger partial charge in [-0.25, -0.2) is 0 Å². The van der Waals surface area contributed by atoms with Crippen LogP contribution >= 0.6 is 23.4 Å². The number of amides is 1. The van der Waals surface area contributed by atoms with Crippen LogP contribution in [-0.2, 0) is 20.9 Å². The molecular weight excluding hydrogens is 310 g/mol. The van der Waals surface area contributed by atoms with Crippen LogP contribution in [0.25, 0.3) is 0 Å². The maximum Gasteiger partial charge on any atom is 0.309 e. The van der Waals surface area contributed by atoms with Crippen molar-refractivity contribution >= 4 is 35.2 Å². The highest BCUT2D eigenvalue weighted by Gasteiger charge is 2.15. The number of rotatable bonds is 7. The zero-order chi connectivity index (χ0) is 15.8. The van der Waals surface area contributed by atoms with Gasteiger partial charge >= 0.3 is 5.97 Å². The fourth-order valence-corrected chi connectivity index (χ4v) is 2.92. The predicted molar refractivity (Wildman–Crippen MR) is 86.4 cm³/mol. The highest BCUT2D eigenvalue weighted by atomic mass is 35.5. The van der Waals surface area contributed by atoms with Crippen molar-refractivity contribution in [1.29, 1.82) is 0 Å². The largest absolute Gasteiger partial charge is 0.469 e. The average Bonchev–Trinajstić information content (AvgIpc) is 2.46. The van der Waals surface area contributed by atoms with Crippen molar-refractivity contribution in [1.82, 2.24) is 4.90 Å². The van der Waals surface area contributed by atoms with E-state index >= 15 is 0 Å². The number of benzene rings is 1. The van der Waals surface area contributed by atoms with Gasteiger partial charge in [0.25, 0.3) is 0 Å². The van der Waals surface area contributed by atoms with Crippen molar-refractivity contribution < 1.29 is 14.3 Å². The van der Waals surface area contributed by atoms with Gasteiger partial charge in [-0.05, 0) is 17.7 Å². The number of methoxy groups -OCH3 is 1. The van der Waals surface area contributed by atoms with E-state index in [0.717, 1.165) is 5.56 Å². The fraction of sp³-hybridized carbons (Fsp3) is 0.467. The number of halogens is 1. The van der Waals surface area contributed by atoms with Gasteiger partial charge in [0, 0.05) is 24.4 Å². The third-order valence-corrected chi connectivity index (χ3v) is 4.35. The minimum Gasteiger partial charge on any atom is -0.469 e. The molecule has 0 spiro atoms. The number of hydrogen-bond donors (Lipinski definition) is 0. The first-order chi connectivity index (χ1) is 9.93. The molecule has 0 bridgehead atoms. The summed E-state index contributed by atoms with van der Waals surface area (Å²) in [5, 5.41) is 0.662. The molecule has 0 aromatic heterocycles. The molecule has 1 unspecified atom stereocenters. The summed E-state index contributed by atoms with van der Waals surface area (Å²) in [6.07, 6.45) is 0. The van der Waals surface area contributed by atoms with Crippen LogP contribution in [0, 0.1) is 5.92 Å². The number of carbonyl (C=O) groups excluding carboxylic acids is 2. The van der Waals surface area contributed by atoms with Crippen LogP contribution in [0.4, 0.5) is 0 Å². The van der Waals surface area contributed by atoms with Crippen LogP contribution in [-0.4, -0.2) is 42.4 Å². The minimum absolute atomic E-state index is 0.0250. The summed E-state index contributed by atoms with van der Waals surface area (Å²) >= 11 is 7.36. The van der Waals surface area contributed by atoms with Gasteiger partial charge in [0.05, 0.1) is 18.8 Å². The molecule has 0 saturated carbocycles. The second kappa shape index (κ2) is 8.95. The summed E-state index contributed by atoms with van der Waals surface area (Å²) in [6, 6.07) is 7.44. The van der Waals surface area contributed by atoms with Gasteiger partial charge in [-0.2, -0.15) is 11.8 Å². The van der Waals surface area contributed by atoms with Gasteiger partial charge in [-0.1, -0.05) is 30.7 Å². The van der Waals surface area contributed by atoms with Crippen LogP contribution in [0.3, 0.4) is 0 Å². The van der Waals surface area contributed by atoms with E-state index in [2.05, 4.69) is 4.74 Å². The summed E-state index contributed by atoms with van der Waals surface area (Å²) in [7, 11) is 3.13. The van der Waals surface area contributed by atoms with Crippen molar-refractivity contribution in [2.75, 3.05) is 25.7 Å². The molecule has 1 aromatic carbocycles. The summed E-state index contributed by atoms with van der Waals surface area (Å²) in [5.74, 6) is 0.493. The molecule has 116 valence electrons. The molecule has 6 heteroatoms. The molecule has 1 rings (SSSR count). The van der Waals surface area contributed by atoms with E-state index < -0.39 is 0 Å². The van der Waals surface area contributed by atoms with Gasteiger partial charge in [0.1, 0.15) is 0 Å². The summed E-state index contributed by atoms with van der Waals surface area (Å²) in [5.41, 5.74) is 0.992. The van der Waals surface area contributed by atoms with Crippen molar-refractivity contribution in [3.05, 3.63) is 34.9 Å². The minimum atomic E-state index is -0.248. The Balaban J connectivity index is 2.36. The smallest absolute Gasteiger partial charge is 0.309 e. The number of hydrogen-bond acceptors (Lipinski definition) is 4. The molecule has 1 aromatic rings. The zero-order valence-corrected chi connectivity index (χ0v) is 14.0. The summed E-state index contributed by atoms with van der Waals surface area (Å²) in [4.78, 5) is 24.9. The maximum atomic E-state index is 12.0. The van der Waals surface area contributed by atoms with Gasteiger partial charge in [0.2, 0.25) is 5.91 Å². The highest BCUT2D eigenvalue weighted by Crippen LogP contribution is 2.14. The Kier molecular flexibility index (Phi) is 7.61. The first-order valence-corrected chi connectivity index (χ1v) is 8.11. The predicted octanol–water partition coefficient (Wildman–Crippen LogP) is 2.84. The van der Waals surface area contributed by atoms with E-state index in [9.17, 15) is 9.59 Å². The molecule has 0 aliphatic heterocycles. The van der Waals surface area contributed by atoms with E-state index in [0.29, 0.717) is 23.1 Å². The molecule has 1 amide bonds. The van der Waals surface area contributed by atoms with Crippen molar-refractivity contribution in [3.63, 3.8) is 0 Å². The lowest BCUT2D eigenvalue weighted by atomic mass is 10.2. The van der Waals surface area contributed by atoms with Crippen molar-refractivity contribution in [2.45, 2.75) is 13.5 Å². The third-order valence-electron chi connectivity index (χ3n) is 2.93. The second-order valence-electron chi connectivity index (χ2n) is 4.82. The van der Waals surface area contributed by atoms with E-state index in [1.165, 1.54) is 18.9 Å². The zero-order valence-electron chi connectivity index (χ0n) is 12.5. The van der Waals surface area contributed by atoms with E-state index in [-0.39, 0.29) is 17.8 Å². The van der Waals surface area contributed by atoms with Gasteiger partial charge < -0.3 is 9.64 Å². The standard InChI is InChI=1S/C15H20ClNO3S/c1-11(15(19)20-3)9-21-10-14(18)17(2)8-12-5-4-6-13(16)7-12/h4-7,11H,8-10H2,1-3H3. The lowest BCUT2D eigenvalue weighted by Crippen LogP contribution is -2.28. The lowest BCUT2D eigenvalue weighted by Gasteiger charge is -2.17. The fourth-order valence-electron chi connectivity index (χ4n) is 1.70. The Bertz CT molecular complexity index is 496. The topological polar surface area (TPSA) is 46.6 Å². The molecule has 0 N–H and O–H groups in total. The average molecular weight is 330 g/mol. The molecule has 0 fully saturated rings. The number of carbonyl (C=O) groups is 2. The Hall–Kier alpha value is -1.20. The molecule has 0 saturated heterocycles. The Morgan fingerprint density at radius 2 is 2.14 bits per heavy atom. The van der Waals surface area contributed by atoms with Gasteiger partial charge in [0.15, 0.2) is 0 Å². The summed E-state index contributed by atoms with van der Waals surface area (Å²) in [6.45, 7) is 2.31. The van der Waals surface area contributed by atoms with Crippen molar-refractivity contribution in [2.24, 2.45) is 5.92 Å². The molecular formula is C15H20ClNO3S. The van der Waals surface area contributed by atoms with Crippen LogP contribution in [0.2, 0.25) is 5.02 Å².